The summed E-state index contributed by atoms with van der Waals surface area (Å²) in [6.45, 7) is 0. The van der Waals surface area contributed by atoms with Crippen molar-refractivity contribution in [3.8, 4) is 0 Å². The van der Waals surface area contributed by atoms with E-state index in [0.29, 0.717) is 17.1 Å². The minimum atomic E-state index is -0.467. The SMILES string of the molecule is COC(=O)C=C(c1cc2ccccc2o1)c1cc2ccccc2o1. The van der Waals surface area contributed by atoms with Gasteiger partial charge in [-0.25, -0.2) is 4.79 Å². The number of methoxy groups -OCH3 is 1. The zero-order valence-electron chi connectivity index (χ0n) is 13.0. The van der Waals surface area contributed by atoms with E-state index in [1.165, 1.54) is 13.2 Å². The Morgan fingerprint density at radius 2 is 1.38 bits per heavy atom. The van der Waals surface area contributed by atoms with E-state index in [2.05, 4.69) is 0 Å². The number of carbonyl (C=O) groups is 1. The molecule has 0 fully saturated rings. The Morgan fingerprint density at radius 3 is 1.83 bits per heavy atom. The van der Waals surface area contributed by atoms with Gasteiger partial charge in [0.2, 0.25) is 0 Å². The van der Waals surface area contributed by atoms with Crippen molar-refractivity contribution in [2.24, 2.45) is 0 Å². The van der Waals surface area contributed by atoms with Crippen molar-refractivity contribution >= 4 is 33.5 Å². The first-order valence-electron chi connectivity index (χ1n) is 7.52. The van der Waals surface area contributed by atoms with Crippen LogP contribution in [-0.4, -0.2) is 13.1 Å². The number of esters is 1. The van der Waals surface area contributed by atoms with Gasteiger partial charge in [-0.05, 0) is 24.3 Å². The zero-order chi connectivity index (χ0) is 16.5. The van der Waals surface area contributed by atoms with Crippen molar-refractivity contribution in [3.05, 3.63) is 78.3 Å². The van der Waals surface area contributed by atoms with E-state index < -0.39 is 5.97 Å². The van der Waals surface area contributed by atoms with Crippen LogP contribution in [0.1, 0.15) is 11.5 Å². The second kappa shape index (κ2) is 5.74. The number of para-hydroxylation sites is 2. The van der Waals surface area contributed by atoms with Crippen molar-refractivity contribution in [1.82, 2.24) is 0 Å². The molecule has 4 heteroatoms. The van der Waals surface area contributed by atoms with Gasteiger partial charge in [0.15, 0.2) is 0 Å². The molecule has 24 heavy (non-hydrogen) atoms. The molecule has 0 saturated heterocycles. The Hall–Kier alpha value is -3.27. The summed E-state index contributed by atoms with van der Waals surface area (Å²) in [5.41, 5.74) is 2.05. The van der Waals surface area contributed by atoms with Gasteiger partial charge in [0.05, 0.1) is 12.7 Å². The van der Waals surface area contributed by atoms with Gasteiger partial charge in [0.1, 0.15) is 22.7 Å². The number of benzene rings is 2. The number of carbonyl (C=O) groups excluding carboxylic acids is 1. The summed E-state index contributed by atoms with van der Waals surface area (Å²) >= 11 is 0. The lowest BCUT2D eigenvalue weighted by Gasteiger charge is -2.00. The molecule has 4 rings (SSSR count). The summed E-state index contributed by atoms with van der Waals surface area (Å²) in [7, 11) is 1.34. The monoisotopic (exact) mass is 318 g/mol. The summed E-state index contributed by atoms with van der Waals surface area (Å²) in [5, 5.41) is 1.92. The van der Waals surface area contributed by atoms with Crippen LogP contribution in [0.25, 0.3) is 27.5 Å². The van der Waals surface area contributed by atoms with Crippen LogP contribution in [0.4, 0.5) is 0 Å². The van der Waals surface area contributed by atoms with Crippen molar-refractivity contribution in [2.45, 2.75) is 0 Å². The molecule has 0 N–H and O–H groups in total. The predicted molar refractivity (Wildman–Crippen MR) is 91.5 cm³/mol. The Balaban J connectivity index is 1.90. The van der Waals surface area contributed by atoms with Gasteiger partial charge in [-0.15, -0.1) is 0 Å². The fraction of sp³-hybridized carbons (Fsp3) is 0.0500. The Kier molecular flexibility index (Phi) is 3.43. The highest BCUT2D eigenvalue weighted by atomic mass is 16.5. The lowest BCUT2D eigenvalue weighted by Crippen LogP contribution is -1.97. The van der Waals surface area contributed by atoms with Crippen molar-refractivity contribution < 1.29 is 18.4 Å². The number of rotatable bonds is 3. The highest BCUT2D eigenvalue weighted by molar-refractivity contribution is 5.97. The minimum Gasteiger partial charge on any atom is -0.466 e. The Morgan fingerprint density at radius 1 is 0.875 bits per heavy atom. The van der Waals surface area contributed by atoms with Crippen LogP contribution in [0.15, 0.2) is 75.6 Å². The Bertz CT molecular complexity index is 923. The quantitative estimate of drug-likeness (QED) is 0.403. The van der Waals surface area contributed by atoms with Crippen LogP contribution in [0.5, 0.6) is 0 Å². The van der Waals surface area contributed by atoms with Gasteiger partial charge in [-0.2, -0.15) is 0 Å². The van der Waals surface area contributed by atoms with Crippen molar-refractivity contribution in [2.75, 3.05) is 7.11 Å². The largest absolute Gasteiger partial charge is 0.466 e. The van der Waals surface area contributed by atoms with E-state index in [4.69, 9.17) is 13.6 Å². The first-order valence-corrected chi connectivity index (χ1v) is 7.52. The standard InChI is InChI=1S/C20H14O4/c1-22-20(21)12-15(18-10-13-6-2-4-8-16(13)23-18)19-11-14-7-3-5-9-17(14)24-19/h2-12H,1H3. The molecule has 0 aliphatic carbocycles. The second-order valence-electron chi connectivity index (χ2n) is 5.38. The molecule has 2 aromatic heterocycles. The summed E-state index contributed by atoms with van der Waals surface area (Å²) in [6.07, 6.45) is 1.38. The second-order valence-corrected chi connectivity index (χ2v) is 5.38. The minimum absolute atomic E-state index is 0.467. The van der Waals surface area contributed by atoms with Crippen LogP contribution in [-0.2, 0) is 9.53 Å². The molecule has 2 heterocycles. The maximum absolute atomic E-state index is 11.8. The molecule has 4 nitrogen and oxygen atoms in total. The Labute approximate surface area is 137 Å². The predicted octanol–water partition coefficient (Wildman–Crippen LogP) is 4.78. The summed E-state index contributed by atoms with van der Waals surface area (Å²) < 4.78 is 16.6. The van der Waals surface area contributed by atoms with Crippen LogP contribution in [0, 0.1) is 0 Å². The van der Waals surface area contributed by atoms with E-state index in [1.54, 1.807) is 0 Å². The van der Waals surface area contributed by atoms with Gasteiger partial charge >= 0.3 is 5.97 Å². The summed E-state index contributed by atoms with van der Waals surface area (Å²) in [5.74, 6) is 0.646. The lowest BCUT2D eigenvalue weighted by molar-refractivity contribution is -0.134. The van der Waals surface area contributed by atoms with Gasteiger partial charge in [-0.3, -0.25) is 0 Å². The molecule has 2 aromatic carbocycles. The summed E-state index contributed by atoms with van der Waals surface area (Å²) in [4.78, 5) is 11.8. The normalized spacial score (nSPS) is 10.9. The van der Waals surface area contributed by atoms with Crippen molar-refractivity contribution in [1.29, 1.82) is 0 Å². The number of hydrogen-bond donors (Lipinski definition) is 0. The van der Waals surface area contributed by atoms with Crippen molar-refractivity contribution in [3.63, 3.8) is 0 Å². The average Bonchev–Trinajstić information content (AvgIpc) is 3.22. The number of ether oxygens (including phenoxy) is 1. The van der Waals surface area contributed by atoms with Crippen LogP contribution in [0.2, 0.25) is 0 Å². The number of hydrogen-bond acceptors (Lipinski definition) is 4. The topological polar surface area (TPSA) is 52.6 Å². The van der Waals surface area contributed by atoms with Gasteiger partial charge in [-0.1, -0.05) is 36.4 Å². The maximum Gasteiger partial charge on any atom is 0.331 e. The van der Waals surface area contributed by atoms with Gasteiger partial charge in [0.25, 0.3) is 0 Å². The van der Waals surface area contributed by atoms with Crippen LogP contribution in [0.3, 0.4) is 0 Å². The number of furan rings is 2. The molecule has 118 valence electrons. The van der Waals surface area contributed by atoms with E-state index in [9.17, 15) is 4.79 Å². The fourth-order valence-corrected chi connectivity index (χ4v) is 2.67. The lowest BCUT2D eigenvalue weighted by atomic mass is 10.1. The van der Waals surface area contributed by atoms with E-state index in [1.807, 2.05) is 60.7 Å². The molecule has 0 radical (unpaired) electrons. The fourth-order valence-electron chi connectivity index (χ4n) is 2.67. The third-order valence-electron chi connectivity index (χ3n) is 3.85. The van der Waals surface area contributed by atoms with Gasteiger partial charge < -0.3 is 13.6 Å². The molecule has 0 unspecified atom stereocenters. The molecule has 0 spiro atoms. The third-order valence-corrected chi connectivity index (χ3v) is 3.85. The first-order chi connectivity index (χ1) is 11.7. The smallest absolute Gasteiger partial charge is 0.331 e. The third kappa shape index (κ3) is 2.48. The molecule has 4 aromatic rings. The average molecular weight is 318 g/mol. The van der Waals surface area contributed by atoms with E-state index in [0.717, 1.165) is 21.9 Å². The van der Waals surface area contributed by atoms with Crippen LogP contribution < -0.4 is 0 Å². The molecule has 0 saturated carbocycles. The zero-order valence-corrected chi connectivity index (χ0v) is 13.0. The molecule has 0 bridgehead atoms. The van der Waals surface area contributed by atoms with E-state index >= 15 is 0 Å². The summed E-state index contributed by atoms with van der Waals surface area (Å²) in [6, 6.07) is 19.1. The molecular weight excluding hydrogens is 304 g/mol. The molecule has 0 amide bonds. The molecule has 0 aliphatic rings. The molecule has 0 aliphatic heterocycles. The van der Waals surface area contributed by atoms with E-state index in [-0.39, 0.29) is 0 Å². The molecular formula is C20H14O4. The highest BCUT2D eigenvalue weighted by Gasteiger charge is 2.17. The maximum atomic E-state index is 11.8. The molecule has 0 atom stereocenters. The van der Waals surface area contributed by atoms with Crippen LogP contribution >= 0.6 is 0 Å². The first kappa shape index (κ1) is 14.3. The highest BCUT2D eigenvalue weighted by Crippen LogP contribution is 2.32. The van der Waals surface area contributed by atoms with Gasteiger partial charge in [0, 0.05) is 16.8 Å². The number of fused-ring (bicyclic) bond motifs is 2.